The number of pyridine rings is 1. The van der Waals surface area contributed by atoms with E-state index < -0.39 is 0 Å². The first kappa shape index (κ1) is 25.5. The fourth-order valence-corrected chi connectivity index (χ4v) is 8.60. The highest BCUT2D eigenvalue weighted by molar-refractivity contribution is 9.10. The molecule has 4 heterocycles. The molecule has 1 aromatic carbocycles. The monoisotopic (exact) mass is 584 g/mol. The number of hydrogen-bond donors (Lipinski definition) is 0. The van der Waals surface area contributed by atoms with E-state index in [1.54, 1.807) is 0 Å². The summed E-state index contributed by atoms with van der Waals surface area (Å²) >= 11 is 3.63. The Bertz CT molecular complexity index is 1500. The Hall–Kier alpha value is -2.49. The Morgan fingerprint density at radius 3 is 2.56 bits per heavy atom. The molecule has 2 aliphatic heterocycles. The Morgan fingerprint density at radius 2 is 1.82 bits per heavy atom. The smallest absolute Gasteiger partial charge is 0.281 e. The number of benzene rings is 1. The highest BCUT2D eigenvalue weighted by Gasteiger charge is 2.48. The Kier molecular flexibility index (Phi) is 6.64. The third-order valence-corrected chi connectivity index (χ3v) is 10.9. The van der Waals surface area contributed by atoms with Crippen LogP contribution in [-0.2, 0) is 5.41 Å². The van der Waals surface area contributed by atoms with Crippen LogP contribution < -0.4 is 5.56 Å². The molecule has 0 bridgehead atoms. The van der Waals surface area contributed by atoms with E-state index in [0.717, 1.165) is 71.9 Å². The van der Waals surface area contributed by atoms with Gasteiger partial charge in [0, 0.05) is 23.1 Å². The number of halogens is 1. The maximum absolute atomic E-state index is 13.3. The number of likely N-dealkylation sites (tertiary alicyclic amines) is 1. The molecule has 1 saturated heterocycles. The second-order valence-electron chi connectivity index (χ2n) is 12.4. The summed E-state index contributed by atoms with van der Waals surface area (Å²) in [5, 5.41) is 0.662. The fraction of sp³-hybridized carbons (Fsp3) is 0.545. The number of piperidine rings is 1. The van der Waals surface area contributed by atoms with Crippen LogP contribution in [0.2, 0.25) is 0 Å². The van der Waals surface area contributed by atoms with Gasteiger partial charge in [-0.2, -0.15) is 4.98 Å². The lowest BCUT2D eigenvalue weighted by molar-refractivity contribution is 0.158. The maximum Gasteiger partial charge on any atom is 0.281 e. The van der Waals surface area contributed by atoms with Gasteiger partial charge in [-0.25, -0.2) is 0 Å². The van der Waals surface area contributed by atoms with Gasteiger partial charge in [0.15, 0.2) is 0 Å². The second-order valence-corrected chi connectivity index (χ2v) is 13.3. The van der Waals surface area contributed by atoms with Gasteiger partial charge >= 0.3 is 0 Å². The summed E-state index contributed by atoms with van der Waals surface area (Å²) in [6.07, 6.45) is 20.7. The third kappa shape index (κ3) is 4.28. The molecule has 3 fully saturated rings. The van der Waals surface area contributed by atoms with Crippen LogP contribution in [0.1, 0.15) is 93.6 Å². The molecule has 0 N–H and O–H groups in total. The van der Waals surface area contributed by atoms with Gasteiger partial charge in [-0.1, -0.05) is 25.3 Å². The van der Waals surface area contributed by atoms with Crippen molar-refractivity contribution in [3.8, 4) is 18.0 Å². The van der Waals surface area contributed by atoms with E-state index in [0.29, 0.717) is 17.2 Å². The predicted octanol–water partition coefficient (Wildman–Crippen LogP) is 6.73. The molecule has 2 aromatic heterocycles. The van der Waals surface area contributed by atoms with Crippen molar-refractivity contribution in [3.05, 3.63) is 62.4 Å². The van der Waals surface area contributed by atoms with Crippen molar-refractivity contribution in [1.29, 1.82) is 0 Å². The lowest BCUT2D eigenvalue weighted by Gasteiger charge is -2.36. The molecule has 0 amide bonds. The van der Waals surface area contributed by atoms with Crippen LogP contribution in [0.3, 0.4) is 0 Å². The van der Waals surface area contributed by atoms with Crippen molar-refractivity contribution in [1.82, 2.24) is 19.4 Å². The molecule has 0 unspecified atom stereocenters. The zero-order valence-electron chi connectivity index (χ0n) is 22.7. The van der Waals surface area contributed by atoms with Crippen LogP contribution in [0.25, 0.3) is 16.6 Å². The molecule has 202 valence electrons. The van der Waals surface area contributed by atoms with E-state index in [-0.39, 0.29) is 11.0 Å². The summed E-state index contributed by atoms with van der Waals surface area (Å²) in [4.78, 5) is 25.9. The van der Waals surface area contributed by atoms with E-state index in [1.807, 2.05) is 12.1 Å². The Labute approximate surface area is 239 Å². The number of aromatic nitrogens is 3. The summed E-state index contributed by atoms with van der Waals surface area (Å²) < 4.78 is 3.09. The number of nitrogens with zero attached hydrogens (tertiary/aromatic N) is 4. The summed E-state index contributed by atoms with van der Waals surface area (Å²) in [5.41, 5.74) is 4.17. The molecule has 0 atom stereocenters. The van der Waals surface area contributed by atoms with Crippen LogP contribution >= 0.6 is 15.9 Å². The van der Waals surface area contributed by atoms with Gasteiger partial charge in [0.2, 0.25) is 0 Å². The number of fused-ring (bicyclic) bond motifs is 7. The van der Waals surface area contributed by atoms with Crippen molar-refractivity contribution in [2.45, 2.75) is 82.0 Å². The molecule has 1 spiro atoms. The zero-order chi connectivity index (χ0) is 26.6. The molecular formula is C33H37BrN4O. The first-order valence-corrected chi connectivity index (χ1v) is 15.8. The first-order chi connectivity index (χ1) is 19.1. The van der Waals surface area contributed by atoms with Crippen molar-refractivity contribution in [3.63, 3.8) is 0 Å². The van der Waals surface area contributed by atoms with Crippen molar-refractivity contribution in [2.24, 2.45) is 11.8 Å². The Morgan fingerprint density at radius 1 is 1.05 bits per heavy atom. The first-order valence-electron chi connectivity index (χ1n) is 15.0. The minimum Gasteiger partial charge on any atom is -0.303 e. The van der Waals surface area contributed by atoms with Crippen molar-refractivity contribution in [2.75, 3.05) is 19.6 Å². The molecule has 5 nitrogen and oxygen atoms in total. The second kappa shape index (κ2) is 10.2. The van der Waals surface area contributed by atoms with Crippen LogP contribution in [0, 0.1) is 24.2 Å². The lowest BCUT2D eigenvalue weighted by atomic mass is 9.71. The largest absolute Gasteiger partial charge is 0.303 e. The summed E-state index contributed by atoms with van der Waals surface area (Å²) in [7, 11) is 0. The van der Waals surface area contributed by atoms with Crippen LogP contribution in [0.4, 0.5) is 0 Å². The minimum absolute atomic E-state index is 0.137. The van der Waals surface area contributed by atoms with E-state index in [4.69, 9.17) is 16.4 Å². The SMILES string of the molecule is C#CC1CCC(CN2CCC(c3cnc4c(c3)-n3c(nc(=O)c5c(Br)cccc53)C43CCCCC3)CC2)CC1. The van der Waals surface area contributed by atoms with Gasteiger partial charge in [0.1, 0.15) is 5.82 Å². The maximum atomic E-state index is 13.3. The third-order valence-electron chi connectivity index (χ3n) is 10.2. The topological polar surface area (TPSA) is 51.0 Å². The molecule has 6 heteroatoms. The highest BCUT2D eigenvalue weighted by Crippen LogP contribution is 2.51. The fourth-order valence-electron chi connectivity index (χ4n) is 8.07. The zero-order valence-corrected chi connectivity index (χ0v) is 24.3. The van der Waals surface area contributed by atoms with E-state index >= 15 is 0 Å². The molecule has 0 radical (unpaired) electrons. The standard InChI is InChI=1S/C33H37BrN4O/c1-2-22-9-11-23(12-10-22)21-37-17-13-24(14-18-37)25-19-28-30(35-20-25)33(15-4-3-5-16-33)32-36-31(39)29-26(34)7-6-8-27(29)38(28)32/h1,6-8,19-20,22-24H,3-5,9-18,21H2. The normalized spacial score (nSPS) is 24.9. The summed E-state index contributed by atoms with van der Waals surface area (Å²) in [6, 6.07) is 8.42. The molecular weight excluding hydrogens is 548 g/mol. The summed E-state index contributed by atoms with van der Waals surface area (Å²) in [6.45, 7) is 3.53. The molecule has 3 aromatic rings. The van der Waals surface area contributed by atoms with Gasteiger partial charge in [-0.05, 0) is 116 Å². The van der Waals surface area contributed by atoms with Crippen LogP contribution in [0.15, 0.2) is 39.7 Å². The average molecular weight is 586 g/mol. The quantitative estimate of drug-likeness (QED) is 0.320. The van der Waals surface area contributed by atoms with Gasteiger partial charge in [-0.15, -0.1) is 12.3 Å². The van der Waals surface area contributed by atoms with E-state index in [2.05, 4.69) is 49.6 Å². The van der Waals surface area contributed by atoms with E-state index in [9.17, 15) is 4.79 Å². The van der Waals surface area contributed by atoms with Gasteiger partial charge in [0.05, 0.1) is 27.7 Å². The average Bonchev–Trinajstić information content (AvgIpc) is 3.22. The number of hydrogen-bond acceptors (Lipinski definition) is 4. The molecule has 39 heavy (non-hydrogen) atoms. The molecule has 2 saturated carbocycles. The number of rotatable bonds is 3. The van der Waals surface area contributed by atoms with Crippen LogP contribution in [0.5, 0.6) is 0 Å². The molecule has 2 aliphatic carbocycles. The molecule has 7 rings (SSSR count). The minimum atomic E-state index is -0.246. The van der Waals surface area contributed by atoms with Gasteiger partial charge in [0.25, 0.3) is 5.56 Å². The molecule has 4 aliphatic rings. The van der Waals surface area contributed by atoms with Crippen molar-refractivity contribution < 1.29 is 0 Å². The van der Waals surface area contributed by atoms with Gasteiger partial charge in [-0.3, -0.25) is 14.3 Å². The summed E-state index contributed by atoms with van der Waals surface area (Å²) in [5.74, 6) is 5.71. The van der Waals surface area contributed by atoms with Crippen molar-refractivity contribution >= 4 is 26.8 Å². The van der Waals surface area contributed by atoms with Gasteiger partial charge < -0.3 is 4.90 Å². The predicted molar refractivity (Wildman–Crippen MR) is 159 cm³/mol. The van der Waals surface area contributed by atoms with E-state index in [1.165, 1.54) is 57.1 Å². The Balaban J connectivity index is 1.19. The van der Waals surface area contributed by atoms with Crippen LogP contribution in [-0.4, -0.2) is 39.1 Å². The highest BCUT2D eigenvalue weighted by atomic mass is 79.9. The lowest BCUT2D eigenvalue weighted by Crippen LogP contribution is -2.37. The number of terminal acetylenes is 1.